The van der Waals surface area contributed by atoms with Crippen molar-refractivity contribution in [1.82, 2.24) is 10.2 Å². The van der Waals surface area contributed by atoms with Gasteiger partial charge >= 0.3 is 12.0 Å². The molecule has 18 heavy (non-hydrogen) atoms. The quantitative estimate of drug-likeness (QED) is 0.735. The van der Waals surface area contributed by atoms with Crippen LogP contribution in [0.25, 0.3) is 0 Å². The number of fused-ring (bicyclic) bond motifs is 1. The third-order valence-electron chi connectivity index (χ3n) is 2.83. The second-order valence-electron chi connectivity index (χ2n) is 4.08. The van der Waals surface area contributed by atoms with Crippen LogP contribution >= 0.6 is 11.3 Å². The summed E-state index contributed by atoms with van der Waals surface area (Å²) in [6.45, 7) is 0.873. The third-order valence-corrected chi connectivity index (χ3v) is 3.85. The van der Waals surface area contributed by atoms with Gasteiger partial charge in [-0.2, -0.15) is 0 Å². The predicted octanol–water partition coefficient (Wildman–Crippen LogP) is 0.261. The van der Waals surface area contributed by atoms with E-state index in [1.807, 2.05) is 11.4 Å². The molecule has 2 rings (SSSR count). The number of aliphatic carboxylic acids is 1. The van der Waals surface area contributed by atoms with E-state index in [4.69, 9.17) is 10.2 Å². The first kappa shape index (κ1) is 12.8. The van der Waals surface area contributed by atoms with E-state index in [2.05, 4.69) is 5.32 Å². The molecular formula is C11H14N2O4S. The van der Waals surface area contributed by atoms with Crippen LogP contribution in [0.4, 0.5) is 4.79 Å². The molecule has 0 radical (unpaired) electrons. The molecule has 2 amide bonds. The topological polar surface area (TPSA) is 89.9 Å². The van der Waals surface area contributed by atoms with Crippen molar-refractivity contribution in [2.24, 2.45) is 0 Å². The summed E-state index contributed by atoms with van der Waals surface area (Å²) in [7, 11) is 0. The van der Waals surface area contributed by atoms with Gasteiger partial charge in [-0.25, -0.2) is 9.59 Å². The van der Waals surface area contributed by atoms with Gasteiger partial charge < -0.3 is 20.4 Å². The summed E-state index contributed by atoms with van der Waals surface area (Å²) in [6.07, 6.45) is -0.738. The van der Waals surface area contributed by atoms with Crippen molar-refractivity contribution in [2.45, 2.75) is 19.1 Å². The Morgan fingerprint density at radius 3 is 3.06 bits per heavy atom. The summed E-state index contributed by atoms with van der Waals surface area (Å²) < 4.78 is 0. The van der Waals surface area contributed by atoms with Crippen LogP contribution in [0.5, 0.6) is 0 Å². The van der Waals surface area contributed by atoms with Crippen molar-refractivity contribution in [3.63, 3.8) is 0 Å². The van der Waals surface area contributed by atoms with Gasteiger partial charge in [0.2, 0.25) is 0 Å². The van der Waals surface area contributed by atoms with Crippen molar-refractivity contribution < 1.29 is 19.8 Å². The highest BCUT2D eigenvalue weighted by atomic mass is 32.1. The first-order chi connectivity index (χ1) is 8.58. The van der Waals surface area contributed by atoms with E-state index in [1.54, 1.807) is 16.2 Å². The molecule has 98 valence electrons. The average Bonchev–Trinajstić information content (AvgIpc) is 2.82. The van der Waals surface area contributed by atoms with Gasteiger partial charge in [0.05, 0.1) is 6.54 Å². The molecule has 2 heterocycles. The van der Waals surface area contributed by atoms with Gasteiger partial charge in [-0.15, -0.1) is 11.3 Å². The normalized spacial score (nSPS) is 15.9. The standard InChI is InChI=1S/C11H14N2O4S/c14-8(10(15)16)5-12-11(17)13-3-1-9-7(6-13)2-4-18-9/h2,4,8,14H,1,3,5-6H2,(H,12,17)(H,15,16)/t8-/m0/s1. The van der Waals surface area contributed by atoms with Gasteiger partial charge in [-0.1, -0.05) is 0 Å². The van der Waals surface area contributed by atoms with E-state index in [1.165, 1.54) is 4.88 Å². The lowest BCUT2D eigenvalue weighted by molar-refractivity contribution is -0.146. The van der Waals surface area contributed by atoms with Crippen molar-refractivity contribution >= 4 is 23.3 Å². The van der Waals surface area contributed by atoms with Crippen LogP contribution in [-0.4, -0.2) is 46.3 Å². The molecule has 1 aliphatic heterocycles. The lowest BCUT2D eigenvalue weighted by Gasteiger charge is -2.27. The Hall–Kier alpha value is -1.60. The fraction of sp³-hybridized carbons (Fsp3) is 0.455. The molecule has 1 aromatic heterocycles. The fourth-order valence-electron chi connectivity index (χ4n) is 1.80. The van der Waals surface area contributed by atoms with Gasteiger partial charge in [-0.3, -0.25) is 0 Å². The monoisotopic (exact) mass is 270 g/mol. The Morgan fingerprint density at radius 2 is 2.33 bits per heavy atom. The highest BCUT2D eigenvalue weighted by molar-refractivity contribution is 7.10. The minimum atomic E-state index is -1.56. The van der Waals surface area contributed by atoms with Crippen LogP contribution in [0.2, 0.25) is 0 Å². The maximum atomic E-state index is 11.8. The molecule has 6 nitrogen and oxygen atoms in total. The van der Waals surface area contributed by atoms with Gasteiger partial charge in [0, 0.05) is 18.0 Å². The number of carboxylic acid groups (broad SMARTS) is 1. The van der Waals surface area contributed by atoms with Crippen LogP contribution in [-0.2, 0) is 17.8 Å². The van der Waals surface area contributed by atoms with E-state index in [0.29, 0.717) is 13.1 Å². The highest BCUT2D eigenvalue weighted by Gasteiger charge is 2.22. The molecule has 1 aliphatic rings. The molecular weight excluding hydrogens is 256 g/mol. The van der Waals surface area contributed by atoms with Gasteiger partial charge in [0.1, 0.15) is 0 Å². The van der Waals surface area contributed by atoms with Gasteiger partial charge in [0.15, 0.2) is 6.10 Å². The number of carboxylic acids is 1. The Bertz CT molecular complexity index is 460. The maximum Gasteiger partial charge on any atom is 0.334 e. The van der Waals surface area contributed by atoms with Crippen LogP contribution in [0, 0.1) is 0 Å². The molecule has 1 aromatic rings. The molecule has 0 saturated carbocycles. The first-order valence-corrected chi connectivity index (χ1v) is 6.45. The van der Waals surface area contributed by atoms with E-state index in [-0.39, 0.29) is 12.6 Å². The van der Waals surface area contributed by atoms with Crippen LogP contribution in [0.15, 0.2) is 11.4 Å². The molecule has 0 fully saturated rings. The predicted molar refractivity (Wildman–Crippen MR) is 65.5 cm³/mol. The maximum absolute atomic E-state index is 11.8. The molecule has 7 heteroatoms. The highest BCUT2D eigenvalue weighted by Crippen LogP contribution is 2.23. The van der Waals surface area contributed by atoms with Crippen molar-refractivity contribution in [3.05, 3.63) is 21.9 Å². The Morgan fingerprint density at radius 1 is 1.56 bits per heavy atom. The lowest BCUT2D eigenvalue weighted by Crippen LogP contribution is -2.46. The number of aliphatic hydroxyl groups is 1. The Kier molecular flexibility index (Phi) is 3.83. The number of nitrogens with one attached hydrogen (secondary N) is 1. The molecule has 1 atom stereocenters. The largest absolute Gasteiger partial charge is 0.479 e. The molecule has 0 aromatic carbocycles. The van der Waals surface area contributed by atoms with Crippen LogP contribution in [0.3, 0.4) is 0 Å². The molecule has 0 saturated heterocycles. The lowest BCUT2D eigenvalue weighted by atomic mass is 10.1. The smallest absolute Gasteiger partial charge is 0.334 e. The number of nitrogens with zero attached hydrogens (tertiary/aromatic N) is 1. The second-order valence-corrected chi connectivity index (χ2v) is 5.08. The van der Waals surface area contributed by atoms with Crippen molar-refractivity contribution in [1.29, 1.82) is 0 Å². The fourth-order valence-corrected chi connectivity index (χ4v) is 2.69. The summed E-state index contributed by atoms with van der Waals surface area (Å²) in [4.78, 5) is 25.1. The number of amides is 2. The summed E-state index contributed by atoms with van der Waals surface area (Å²) >= 11 is 1.69. The summed E-state index contributed by atoms with van der Waals surface area (Å²) in [5.41, 5.74) is 1.14. The van der Waals surface area contributed by atoms with E-state index < -0.39 is 12.1 Å². The van der Waals surface area contributed by atoms with Crippen LogP contribution < -0.4 is 5.32 Å². The van der Waals surface area contributed by atoms with Crippen molar-refractivity contribution in [3.8, 4) is 0 Å². The van der Waals surface area contributed by atoms with E-state index in [9.17, 15) is 9.59 Å². The molecule has 0 bridgehead atoms. The number of carbonyl (C=O) groups excluding carboxylic acids is 1. The summed E-state index contributed by atoms with van der Waals surface area (Å²) in [5.74, 6) is -1.34. The number of hydrogen-bond acceptors (Lipinski definition) is 4. The van der Waals surface area contributed by atoms with Gasteiger partial charge in [-0.05, 0) is 23.4 Å². The summed E-state index contributed by atoms with van der Waals surface area (Å²) in [5, 5.41) is 22.0. The second kappa shape index (κ2) is 5.36. The van der Waals surface area contributed by atoms with Crippen molar-refractivity contribution in [2.75, 3.05) is 13.1 Å². The number of hydrogen-bond donors (Lipinski definition) is 3. The number of aliphatic hydroxyl groups excluding tert-OH is 1. The Labute approximate surface area is 108 Å². The zero-order chi connectivity index (χ0) is 13.1. The number of thiophene rings is 1. The third kappa shape index (κ3) is 2.80. The van der Waals surface area contributed by atoms with Gasteiger partial charge in [0.25, 0.3) is 0 Å². The van der Waals surface area contributed by atoms with Crippen LogP contribution in [0.1, 0.15) is 10.4 Å². The zero-order valence-corrected chi connectivity index (χ0v) is 10.4. The average molecular weight is 270 g/mol. The molecule has 0 aliphatic carbocycles. The minimum Gasteiger partial charge on any atom is -0.479 e. The minimum absolute atomic E-state index is 0.277. The molecule has 3 N–H and O–H groups in total. The van der Waals surface area contributed by atoms with E-state index >= 15 is 0 Å². The number of urea groups is 1. The first-order valence-electron chi connectivity index (χ1n) is 5.57. The summed E-state index contributed by atoms with van der Waals surface area (Å²) in [6, 6.07) is 1.65. The molecule has 0 spiro atoms. The number of carbonyl (C=O) groups is 2. The van der Waals surface area contributed by atoms with E-state index in [0.717, 1.165) is 12.0 Å². The SMILES string of the molecule is O=C(O)[C@@H](O)CNC(=O)N1CCc2sccc2C1. The number of rotatable bonds is 3. The Balaban J connectivity index is 1.86. The zero-order valence-electron chi connectivity index (χ0n) is 9.63. The molecule has 0 unspecified atom stereocenters.